The number of anilines is 1. The number of amides is 1. The van der Waals surface area contributed by atoms with Crippen molar-refractivity contribution >= 4 is 22.8 Å². The van der Waals surface area contributed by atoms with E-state index in [9.17, 15) is 15.0 Å². The van der Waals surface area contributed by atoms with Gasteiger partial charge in [0.2, 0.25) is 0 Å². The second-order valence-electron chi connectivity index (χ2n) is 9.24. The summed E-state index contributed by atoms with van der Waals surface area (Å²) in [5, 5.41) is 23.6. The number of phenolic OH excluding ortho intramolecular Hbond substituents is 1. The summed E-state index contributed by atoms with van der Waals surface area (Å²) in [6.07, 6.45) is 3.69. The number of aromatic hydroxyl groups is 1. The van der Waals surface area contributed by atoms with Gasteiger partial charge in [0.15, 0.2) is 5.82 Å². The van der Waals surface area contributed by atoms with Gasteiger partial charge in [-0.2, -0.15) is 0 Å². The first kappa shape index (κ1) is 22.4. The lowest BCUT2D eigenvalue weighted by Gasteiger charge is -2.34. The molecule has 5 rings (SSSR count). The molecule has 0 aliphatic carbocycles. The predicted octanol–water partition coefficient (Wildman–Crippen LogP) is 4.48. The minimum Gasteiger partial charge on any atom is -0.507 e. The smallest absolute Gasteiger partial charge is 0.404 e. The number of rotatable bonds is 5. The van der Waals surface area contributed by atoms with Gasteiger partial charge in [-0.15, -0.1) is 0 Å². The van der Waals surface area contributed by atoms with Crippen LogP contribution in [0.15, 0.2) is 42.5 Å². The molecule has 3 aromatic rings. The lowest BCUT2D eigenvalue weighted by molar-refractivity contribution is 0.00629. The fourth-order valence-electron chi connectivity index (χ4n) is 5.22. The predicted molar refractivity (Wildman–Crippen MR) is 130 cm³/mol. The molecule has 2 fully saturated rings. The molecule has 3 unspecified atom stereocenters. The highest BCUT2D eigenvalue weighted by Gasteiger charge is 2.39. The first-order valence-corrected chi connectivity index (χ1v) is 11.9. The van der Waals surface area contributed by atoms with E-state index in [0.29, 0.717) is 24.4 Å². The van der Waals surface area contributed by atoms with Gasteiger partial charge in [0.25, 0.3) is 0 Å². The summed E-state index contributed by atoms with van der Waals surface area (Å²) in [7, 11) is 0. The highest BCUT2D eigenvalue weighted by molar-refractivity contribution is 5.92. The fourth-order valence-corrected chi connectivity index (χ4v) is 5.22. The topological polar surface area (TPSA) is 108 Å². The highest BCUT2D eigenvalue weighted by atomic mass is 16.5. The van der Waals surface area contributed by atoms with Gasteiger partial charge in [-0.25, -0.2) is 14.8 Å². The Morgan fingerprint density at radius 1 is 1.18 bits per heavy atom. The zero-order chi connectivity index (χ0) is 23.7. The van der Waals surface area contributed by atoms with Gasteiger partial charge in [0, 0.05) is 18.5 Å². The molecule has 0 saturated carbocycles. The second-order valence-corrected chi connectivity index (χ2v) is 9.24. The molecule has 34 heavy (non-hydrogen) atoms. The van der Waals surface area contributed by atoms with E-state index in [1.54, 1.807) is 12.1 Å². The van der Waals surface area contributed by atoms with E-state index in [1.165, 1.54) is 0 Å². The largest absolute Gasteiger partial charge is 0.507 e. The Morgan fingerprint density at radius 2 is 2.03 bits per heavy atom. The van der Waals surface area contributed by atoms with Gasteiger partial charge < -0.3 is 25.2 Å². The van der Waals surface area contributed by atoms with Crippen molar-refractivity contribution in [3.05, 3.63) is 48.0 Å². The van der Waals surface area contributed by atoms with Gasteiger partial charge in [0.05, 0.1) is 29.3 Å². The number of hydrogen-bond acceptors (Lipinski definition) is 6. The van der Waals surface area contributed by atoms with E-state index in [1.807, 2.05) is 37.3 Å². The van der Waals surface area contributed by atoms with E-state index in [-0.39, 0.29) is 23.9 Å². The third-order valence-electron chi connectivity index (χ3n) is 6.88. The van der Waals surface area contributed by atoms with Crippen LogP contribution in [-0.2, 0) is 4.74 Å². The lowest BCUT2D eigenvalue weighted by atomic mass is 9.97. The molecule has 1 aromatic heterocycles. The number of aromatic nitrogens is 2. The van der Waals surface area contributed by atoms with Crippen molar-refractivity contribution < 1.29 is 19.7 Å². The quantitative estimate of drug-likeness (QED) is 0.513. The summed E-state index contributed by atoms with van der Waals surface area (Å²) in [6, 6.07) is 12.8. The van der Waals surface area contributed by atoms with Crippen LogP contribution >= 0.6 is 0 Å². The first-order valence-electron chi connectivity index (χ1n) is 11.9. The summed E-state index contributed by atoms with van der Waals surface area (Å²) in [4.78, 5) is 23.5. The van der Waals surface area contributed by atoms with Gasteiger partial charge >= 0.3 is 6.09 Å². The molecule has 8 nitrogen and oxygen atoms in total. The Labute approximate surface area is 198 Å². The first-order chi connectivity index (χ1) is 16.5. The molecule has 178 valence electrons. The van der Waals surface area contributed by atoms with E-state index in [0.717, 1.165) is 54.6 Å². The van der Waals surface area contributed by atoms with Crippen LogP contribution in [0.2, 0.25) is 0 Å². The van der Waals surface area contributed by atoms with Crippen LogP contribution in [0, 0.1) is 6.92 Å². The van der Waals surface area contributed by atoms with Crippen molar-refractivity contribution in [3.8, 4) is 17.1 Å². The molecule has 2 aromatic carbocycles. The average molecular weight is 463 g/mol. The lowest BCUT2D eigenvalue weighted by Crippen LogP contribution is -2.47. The van der Waals surface area contributed by atoms with Crippen LogP contribution in [0.5, 0.6) is 5.75 Å². The molecule has 0 bridgehead atoms. The van der Waals surface area contributed by atoms with Crippen molar-refractivity contribution in [2.75, 3.05) is 18.1 Å². The summed E-state index contributed by atoms with van der Waals surface area (Å²) < 4.78 is 6.02. The molecule has 0 radical (unpaired) electrons. The Hall–Kier alpha value is -3.39. The summed E-state index contributed by atoms with van der Waals surface area (Å²) >= 11 is 0. The van der Waals surface area contributed by atoms with Crippen molar-refractivity contribution in [1.82, 2.24) is 15.3 Å². The standard InChI is InChI=1S/C26H30N4O4/c1-16-9-10-18-21(14-16)27-24(19-7-2-3-8-23(19)31)29-25(18)30-12-11-20(28-26(32)33)22(30)15-17-6-4-5-13-34-17/h2-3,7-10,14,17,20,22,28,31H,4-6,11-13,15H2,1H3,(H,32,33). The number of fused-ring (bicyclic) bond motifs is 1. The van der Waals surface area contributed by atoms with Crippen LogP contribution in [0.3, 0.4) is 0 Å². The van der Waals surface area contributed by atoms with Crippen molar-refractivity contribution in [2.24, 2.45) is 0 Å². The van der Waals surface area contributed by atoms with Gasteiger partial charge in [-0.3, -0.25) is 0 Å². The minimum absolute atomic E-state index is 0.0872. The zero-order valence-corrected chi connectivity index (χ0v) is 19.3. The molecular weight excluding hydrogens is 432 g/mol. The van der Waals surface area contributed by atoms with Crippen molar-refractivity contribution in [2.45, 2.75) is 57.2 Å². The molecule has 2 aliphatic heterocycles. The number of phenols is 1. The molecule has 0 spiro atoms. The summed E-state index contributed by atoms with van der Waals surface area (Å²) in [5.74, 6) is 1.34. The zero-order valence-electron chi connectivity index (χ0n) is 19.3. The van der Waals surface area contributed by atoms with Crippen LogP contribution < -0.4 is 10.2 Å². The van der Waals surface area contributed by atoms with Crippen molar-refractivity contribution in [1.29, 1.82) is 0 Å². The van der Waals surface area contributed by atoms with E-state index in [2.05, 4.69) is 10.2 Å². The Morgan fingerprint density at radius 3 is 2.79 bits per heavy atom. The molecule has 3 heterocycles. The fraction of sp³-hybridized carbons (Fsp3) is 0.423. The minimum atomic E-state index is -1.01. The van der Waals surface area contributed by atoms with Gasteiger partial charge in [0.1, 0.15) is 11.6 Å². The third-order valence-corrected chi connectivity index (χ3v) is 6.88. The maximum atomic E-state index is 11.5. The molecule has 8 heteroatoms. The number of hydrogen-bond donors (Lipinski definition) is 3. The number of nitrogens with one attached hydrogen (secondary N) is 1. The molecule has 2 saturated heterocycles. The number of ether oxygens (including phenoxy) is 1. The highest BCUT2D eigenvalue weighted by Crippen LogP contribution is 2.36. The third kappa shape index (κ3) is 4.50. The SMILES string of the molecule is Cc1ccc2c(N3CCC(NC(=O)O)C3CC3CCCCO3)nc(-c3ccccc3O)nc2c1. The molecule has 2 aliphatic rings. The van der Waals surface area contributed by atoms with Crippen LogP contribution in [0.1, 0.15) is 37.7 Å². The Kier molecular flexibility index (Phi) is 6.24. The number of carboxylic acid groups (broad SMARTS) is 1. The molecule has 1 amide bonds. The van der Waals surface area contributed by atoms with Crippen molar-refractivity contribution in [3.63, 3.8) is 0 Å². The van der Waals surface area contributed by atoms with Crippen LogP contribution in [-0.4, -0.2) is 57.6 Å². The van der Waals surface area contributed by atoms with Crippen LogP contribution in [0.4, 0.5) is 10.6 Å². The maximum absolute atomic E-state index is 11.5. The number of para-hydroxylation sites is 1. The molecule has 3 N–H and O–H groups in total. The Bertz CT molecular complexity index is 1190. The number of carbonyl (C=O) groups is 1. The summed E-state index contributed by atoms with van der Waals surface area (Å²) in [5.41, 5.74) is 2.45. The Balaban J connectivity index is 1.60. The maximum Gasteiger partial charge on any atom is 0.404 e. The number of aryl methyl sites for hydroxylation is 1. The van der Waals surface area contributed by atoms with Gasteiger partial charge in [-0.05, 0) is 68.9 Å². The average Bonchev–Trinajstić information content (AvgIpc) is 3.20. The number of benzene rings is 2. The van der Waals surface area contributed by atoms with E-state index < -0.39 is 6.09 Å². The van der Waals surface area contributed by atoms with Crippen LogP contribution in [0.25, 0.3) is 22.3 Å². The van der Waals surface area contributed by atoms with E-state index in [4.69, 9.17) is 14.7 Å². The van der Waals surface area contributed by atoms with Gasteiger partial charge in [-0.1, -0.05) is 18.2 Å². The van der Waals surface area contributed by atoms with E-state index >= 15 is 0 Å². The number of nitrogens with zero attached hydrogens (tertiary/aromatic N) is 3. The molecule has 3 atom stereocenters. The monoisotopic (exact) mass is 462 g/mol. The molecular formula is C26H30N4O4. The second kappa shape index (κ2) is 9.46. The normalized spacial score (nSPS) is 22.7. The summed E-state index contributed by atoms with van der Waals surface area (Å²) in [6.45, 7) is 3.44.